The zero-order valence-electron chi connectivity index (χ0n) is 12.8. The molecule has 3 heteroatoms. The Bertz CT molecular complexity index is 566. The summed E-state index contributed by atoms with van der Waals surface area (Å²) >= 11 is 0. The lowest BCUT2D eigenvalue weighted by molar-refractivity contribution is 0.411. The van der Waals surface area contributed by atoms with Gasteiger partial charge < -0.3 is 15.2 Å². The van der Waals surface area contributed by atoms with Gasteiger partial charge in [0.2, 0.25) is 0 Å². The number of ether oxygens (including phenoxy) is 1. The second-order valence-corrected chi connectivity index (χ2v) is 5.22. The largest absolute Gasteiger partial charge is 0.508 e. The van der Waals surface area contributed by atoms with Crippen LogP contribution < -0.4 is 10.1 Å². The molecule has 0 amide bonds. The standard InChI is InChI=1S/C18H23NO2/c1-4-18(14-8-10-16(20)11-9-14)19-13(2)15-6-5-7-17(12-15)21-3/h5-13,18-20H,4H2,1-3H3/t13-,18?/m0/s1. The number of phenols is 1. The molecule has 0 spiro atoms. The van der Waals surface area contributed by atoms with Gasteiger partial charge in [-0.25, -0.2) is 0 Å². The normalized spacial score (nSPS) is 13.7. The molecule has 0 aromatic heterocycles. The summed E-state index contributed by atoms with van der Waals surface area (Å²) in [6, 6.07) is 16.0. The topological polar surface area (TPSA) is 41.5 Å². The summed E-state index contributed by atoms with van der Waals surface area (Å²) in [6.45, 7) is 4.31. The first-order chi connectivity index (χ1) is 10.1. The van der Waals surface area contributed by atoms with Crippen LogP contribution in [0.3, 0.4) is 0 Å². The molecular formula is C18H23NO2. The van der Waals surface area contributed by atoms with Crippen LogP contribution in [-0.2, 0) is 0 Å². The van der Waals surface area contributed by atoms with Crippen molar-refractivity contribution in [2.75, 3.05) is 7.11 Å². The van der Waals surface area contributed by atoms with Crippen molar-refractivity contribution in [3.63, 3.8) is 0 Å². The molecule has 0 fully saturated rings. The maximum absolute atomic E-state index is 9.39. The third-order valence-corrected chi connectivity index (χ3v) is 3.75. The number of hydrogen-bond donors (Lipinski definition) is 2. The molecule has 0 heterocycles. The molecule has 2 aromatic carbocycles. The molecule has 0 aliphatic rings. The summed E-state index contributed by atoms with van der Waals surface area (Å²) in [7, 11) is 1.68. The van der Waals surface area contributed by atoms with Crippen molar-refractivity contribution in [3.05, 3.63) is 59.7 Å². The molecule has 0 bridgehead atoms. The number of hydrogen-bond acceptors (Lipinski definition) is 3. The van der Waals surface area contributed by atoms with Crippen molar-refractivity contribution in [3.8, 4) is 11.5 Å². The fraction of sp³-hybridized carbons (Fsp3) is 0.333. The van der Waals surface area contributed by atoms with Crippen molar-refractivity contribution in [1.29, 1.82) is 0 Å². The van der Waals surface area contributed by atoms with Crippen LogP contribution in [0.4, 0.5) is 0 Å². The highest BCUT2D eigenvalue weighted by atomic mass is 16.5. The van der Waals surface area contributed by atoms with E-state index in [0.717, 1.165) is 12.2 Å². The molecule has 3 nitrogen and oxygen atoms in total. The van der Waals surface area contributed by atoms with E-state index in [2.05, 4.69) is 31.3 Å². The smallest absolute Gasteiger partial charge is 0.119 e. The molecule has 0 aliphatic heterocycles. The molecular weight excluding hydrogens is 262 g/mol. The maximum atomic E-state index is 9.39. The average molecular weight is 285 g/mol. The van der Waals surface area contributed by atoms with Gasteiger partial charge in [-0.3, -0.25) is 0 Å². The summed E-state index contributed by atoms with van der Waals surface area (Å²) in [4.78, 5) is 0. The van der Waals surface area contributed by atoms with Gasteiger partial charge in [0.1, 0.15) is 11.5 Å². The zero-order valence-corrected chi connectivity index (χ0v) is 12.8. The van der Waals surface area contributed by atoms with Gasteiger partial charge in [0.15, 0.2) is 0 Å². The van der Waals surface area contributed by atoms with Gasteiger partial charge >= 0.3 is 0 Å². The second-order valence-electron chi connectivity index (χ2n) is 5.22. The van der Waals surface area contributed by atoms with E-state index in [9.17, 15) is 5.11 Å². The van der Waals surface area contributed by atoms with E-state index in [-0.39, 0.29) is 12.1 Å². The van der Waals surface area contributed by atoms with Crippen molar-refractivity contribution in [2.45, 2.75) is 32.4 Å². The third kappa shape index (κ3) is 3.99. The van der Waals surface area contributed by atoms with Crippen LogP contribution in [0, 0.1) is 0 Å². The minimum absolute atomic E-state index is 0.221. The Morgan fingerprint density at radius 2 is 1.81 bits per heavy atom. The summed E-state index contributed by atoms with van der Waals surface area (Å²) in [5.74, 6) is 1.17. The van der Waals surface area contributed by atoms with Crippen molar-refractivity contribution in [1.82, 2.24) is 5.32 Å². The maximum Gasteiger partial charge on any atom is 0.119 e. The van der Waals surface area contributed by atoms with E-state index in [1.165, 1.54) is 11.1 Å². The van der Waals surface area contributed by atoms with E-state index in [1.807, 2.05) is 24.3 Å². The molecule has 0 saturated carbocycles. The Labute approximate surface area is 126 Å². The highest BCUT2D eigenvalue weighted by Gasteiger charge is 2.14. The number of rotatable bonds is 6. The lowest BCUT2D eigenvalue weighted by atomic mass is 10.0. The molecule has 0 aliphatic carbocycles. The van der Waals surface area contributed by atoms with Crippen molar-refractivity contribution < 1.29 is 9.84 Å². The van der Waals surface area contributed by atoms with Gasteiger partial charge in [-0.2, -0.15) is 0 Å². The molecule has 2 atom stereocenters. The lowest BCUT2D eigenvalue weighted by Crippen LogP contribution is -2.24. The Kier molecular flexibility index (Phi) is 5.23. The summed E-state index contributed by atoms with van der Waals surface area (Å²) in [6.07, 6.45) is 0.985. The first kappa shape index (κ1) is 15.4. The van der Waals surface area contributed by atoms with Gasteiger partial charge in [0, 0.05) is 12.1 Å². The van der Waals surface area contributed by atoms with Crippen LogP contribution in [0.5, 0.6) is 11.5 Å². The number of benzene rings is 2. The van der Waals surface area contributed by atoms with E-state index < -0.39 is 0 Å². The van der Waals surface area contributed by atoms with Crippen LogP contribution in [0.25, 0.3) is 0 Å². The number of methoxy groups -OCH3 is 1. The monoisotopic (exact) mass is 285 g/mol. The lowest BCUT2D eigenvalue weighted by Gasteiger charge is -2.23. The minimum Gasteiger partial charge on any atom is -0.508 e. The summed E-state index contributed by atoms with van der Waals surface area (Å²) < 4.78 is 5.28. The summed E-state index contributed by atoms with van der Waals surface area (Å²) in [5, 5.41) is 13.0. The van der Waals surface area contributed by atoms with Crippen molar-refractivity contribution in [2.24, 2.45) is 0 Å². The van der Waals surface area contributed by atoms with Crippen LogP contribution in [0.1, 0.15) is 43.5 Å². The summed E-state index contributed by atoms with van der Waals surface area (Å²) in [5.41, 5.74) is 2.39. The van der Waals surface area contributed by atoms with Crippen LogP contribution in [0.2, 0.25) is 0 Å². The molecule has 0 saturated heterocycles. The van der Waals surface area contributed by atoms with Crippen LogP contribution in [0.15, 0.2) is 48.5 Å². The Hall–Kier alpha value is -2.00. The van der Waals surface area contributed by atoms with Gasteiger partial charge in [-0.05, 0) is 48.7 Å². The third-order valence-electron chi connectivity index (χ3n) is 3.75. The van der Waals surface area contributed by atoms with Crippen LogP contribution >= 0.6 is 0 Å². The fourth-order valence-corrected chi connectivity index (χ4v) is 2.47. The minimum atomic E-state index is 0.221. The first-order valence-electron chi connectivity index (χ1n) is 7.33. The highest BCUT2D eigenvalue weighted by Crippen LogP contribution is 2.25. The fourth-order valence-electron chi connectivity index (χ4n) is 2.47. The van der Waals surface area contributed by atoms with Crippen LogP contribution in [-0.4, -0.2) is 12.2 Å². The number of phenolic OH excluding ortho intramolecular Hbond substituents is 1. The number of nitrogens with one attached hydrogen (secondary N) is 1. The van der Waals surface area contributed by atoms with Gasteiger partial charge in [-0.15, -0.1) is 0 Å². The average Bonchev–Trinajstić information content (AvgIpc) is 2.53. The zero-order chi connectivity index (χ0) is 15.2. The van der Waals surface area contributed by atoms with E-state index in [1.54, 1.807) is 19.2 Å². The first-order valence-corrected chi connectivity index (χ1v) is 7.33. The highest BCUT2D eigenvalue weighted by molar-refractivity contribution is 5.31. The van der Waals surface area contributed by atoms with E-state index >= 15 is 0 Å². The molecule has 21 heavy (non-hydrogen) atoms. The molecule has 112 valence electrons. The second kappa shape index (κ2) is 7.14. The van der Waals surface area contributed by atoms with E-state index in [4.69, 9.17) is 4.74 Å². The van der Waals surface area contributed by atoms with Gasteiger partial charge in [0.05, 0.1) is 7.11 Å². The predicted molar refractivity (Wildman–Crippen MR) is 85.7 cm³/mol. The molecule has 0 radical (unpaired) electrons. The Balaban J connectivity index is 2.11. The van der Waals surface area contributed by atoms with Gasteiger partial charge in [-0.1, -0.05) is 31.2 Å². The van der Waals surface area contributed by atoms with E-state index in [0.29, 0.717) is 5.75 Å². The molecule has 2 rings (SSSR count). The Morgan fingerprint density at radius 1 is 1.10 bits per heavy atom. The number of aromatic hydroxyl groups is 1. The quantitative estimate of drug-likeness (QED) is 0.835. The molecule has 2 N–H and O–H groups in total. The SMILES string of the molecule is CCC(N[C@@H](C)c1cccc(OC)c1)c1ccc(O)cc1. The molecule has 1 unspecified atom stereocenters. The predicted octanol–water partition coefficient (Wildman–Crippen LogP) is 4.20. The van der Waals surface area contributed by atoms with Crippen molar-refractivity contribution >= 4 is 0 Å². The Morgan fingerprint density at radius 3 is 2.43 bits per heavy atom. The van der Waals surface area contributed by atoms with Gasteiger partial charge in [0.25, 0.3) is 0 Å². The molecule has 2 aromatic rings.